The highest BCUT2D eigenvalue weighted by atomic mass is 35.5. The van der Waals surface area contributed by atoms with Gasteiger partial charge in [-0.1, -0.05) is 34.8 Å². The fourth-order valence-electron chi connectivity index (χ4n) is 1.32. The zero-order chi connectivity index (χ0) is 14.9. The third-order valence-corrected chi connectivity index (χ3v) is 2.93. The van der Waals surface area contributed by atoms with Gasteiger partial charge in [-0.25, -0.2) is 9.37 Å². The zero-order valence-electron chi connectivity index (χ0n) is 9.44. The number of aromatic nitrogens is 1. The number of rotatable bonds is 3. The van der Waals surface area contributed by atoms with E-state index in [1.165, 1.54) is 6.20 Å². The number of benzene rings is 1. The van der Waals surface area contributed by atoms with E-state index < -0.39 is 16.6 Å². The van der Waals surface area contributed by atoms with Gasteiger partial charge in [0, 0.05) is 18.3 Å². The van der Waals surface area contributed by atoms with Crippen molar-refractivity contribution in [2.24, 2.45) is 0 Å². The first-order valence-electron chi connectivity index (χ1n) is 5.01. The van der Waals surface area contributed by atoms with Crippen molar-refractivity contribution in [3.63, 3.8) is 0 Å². The van der Waals surface area contributed by atoms with Gasteiger partial charge >= 0.3 is 0 Å². The summed E-state index contributed by atoms with van der Waals surface area (Å²) < 4.78 is 18.7. The number of nitro groups is 1. The van der Waals surface area contributed by atoms with E-state index in [0.29, 0.717) is 0 Å². The van der Waals surface area contributed by atoms with Crippen molar-refractivity contribution in [3.05, 3.63) is 55.4 Å². The SMILES string of the molecule is O=[N+]([O-])c1cc(Cl)c(Oc2ncc(Cl)cc2F)c(Cl)c1. The van der Waals surface area contributed by atoms with Gasteiger partial charge in [0.15, 0.2) is 11.6 Å². The minimum Gasteiger partial charge on any atom is -0.433 e. The molecule has 0 saturated heterocycles. The number of hydrogen-bond donors (Lipinski definition) is 0. The van der Waals surface area contributed by atoms with Crippen LogP contribution in [0.3, 0.4) is 0 Å². The highest BCUT2D eigenvalue weighted by Crippen LogP contribution is 2.39. The van der Waals surface area contributed by atoms with Crippen LogP contribution in [-0.4, -0.2) is 9.91 Å². The van der Waals surface area contributed by atoms with Crippen LogP contribution >= 0.6 is 34.8 Å². The predicted molar refractivity (Wildman–Crippen MR) is 72.4 cm³/mol. The minimum absolute atomic E-state index is 0.0933. The van der Waals surface area contributed by atoms with Crippen LogP contribution in [0, 0.1) is 15.9 Å². The molecule has 0 amide bonds. The summed E-state index contributed by atoms with van der Waals surface area (Å²) in [7, 11) is 0. The molecule has 5 nitrogen and oxygen atoms in total. The summed E-state index contributed by atoms with van der Waals surface area (Å²) in [6.45, 7) is 0. The first kappa shape index (κ1) is 14.8. The average Bonchev–Trinajstić information content (AvgIpc) is 2.35. The molecule has 20 heavy (non-hydrogen) atoms. The summed E-state index contributed by atoms with van der Waals surface area (Å²) in [4.78, 5) is 13.6. The molecule has 2 rings (SSSR count). The Kier molecular flexibility index (Phi) is 4.27. The van der Waals surface area contributed by atoms with Gasteiger partial charge in [-0.3, -0.25) is 10.1 Å². The van der Waals surface area contributed by atoms with Crippen molar-refractivity contribution < 1.29 is 14.1 Å². The van der Waals surface area contributed by atoms with Crippen LogP contribution < -0.4 is 4.74 Å². The number of halogens is 4. The molecular weight excluding hydrogens is 333 g/mol. The predicted octanol–water partition coefficient (Wildman–Crippen LogP) is 4.88. The molecule has 0 saturated carbocycles. The maximum absolute atomic E-state index is 13.5. The van der Waals surface area contributed by atoms with E-state index >= 15 is 0 Å². The lowest BCUT2D eigenvalue weighted by molar-refractivity contribution is -0.384. The number of hydrogen-bond acceptors (Lipinski definition) is 4. The quantitative estimate of drug-likeness (QED) is 0.591. The Labute approximate surface area is 127 Å². The molecule has 0 fully saturated rings. The second-order valence-electron chi connectivity index (χ2n) is 3.54. The second kappa shape index (κ2) is 5.78. The van der Waals surface area contributed by atoms with E-state index in [9.17, 15) is 14.5 Å². The average molecular weight is 338 g/mol. The minimum atomic E-state index is -0.817. The summed E-state index contributed by atoms with van der Waals surface area (Å²) in [6, 6.07) is 3.07. The second-order valence-corrected chi connectivity index (χ2v) is 4.79. The Hall–Kier alpha value is -1.63. The van der Waals surface area contributed by atoms with Gasteiger partial charge in [0.2, 0.25) is 0 Å². The number of pyridine rings is 1. The number of nitro benzene ring substituents is 1. The van der Waals surface area contributed by atoms with Gasteiger partial charge in [-0.05, 0) is 6.07 Å². The van der Waals surface area contributed by atoms with Crippen LogP contribution in [0.2, 0.25) is 15.1 Å². The van der Waals surface area contributed by atoms with Crippen molar-refractivity contribution in [2.75, 3.05) is 0 Å². The summed E-state index contributed by atoms with van der Waals surface area (Å²) in [5.41, 5.74) is -0.308. The molecule has 0 unspecified atom stereocenters. The molecule has 0 aliphatic heterocycles. The highest BCUT2D eigenvalue weighted by Gasteiger charge is 2.18. The van der Waals surface area contributed by atoms with Crippen LogP contribution in [0.15, 0.2) is 24.4 Å². The number of nitrogens with zero attached hydrogens (tertiary/aromatic N) is 2. The standard InChI is InChI=1S/C11H4Cl3FN2O3/c12-5-1-9(15)11(16-4-5)20-10-7(13)2-6(17(18)19)3-8(10)14/h1-4H. The topological polar surface area (TPSA) is 65.3 Å². The highest BCUT2D eigenvalue weighted by molar-refractivity contribution is 6.37. The number of non-ortho nitro benzene ring substituents is 1. The summed E-state index contributed by atoms with van der Waals surface area (Å²) in [5.74, 6) is -1.34. The Morgan fingerprint density at radius 3 is 2.30 bits per heavy atom. The summed E-state index contributed by atoms with van der Waals surface area (Å²) >= 11 is 17.2. The van der Waals surface area contributed by atoms with Gasteiger partial charge in [0.1, 0.15) is 0 Å². The molecule has 0 atom stereocenters. The van der Waals surface area contributed by atoms with E-state index in [-0.39, 0.29) is 26.5 Å². The molecule has 0 aliphatic carbocycles. The molecular formula is C11H4Cl3FN2O3. The number of ether oxygens (including phenoxy) is 1. The first-order valence-corrected chi connectivity index (χ1v) is 6.14. The third kappa shape index (κ3) is 3.09. The van der Waals surface area contributed by atoms with Crippen molar-refractivity contribution in [1.29, 1.82) is 0 Å². The van der Waals surface area contributed by atoms with Gasteiger partial charge in [0.25, 0.3) is 11.6 Å². The van der Waals surface area contributed by atoms with Crippen molar-refractivity contribution >= 4 is 40.5 Å². The molecule has 9 heteroatoms. The normalized spacial score (nSPS) is 10.4. The lowest BCUT2D eigenvalue weighted by Crippen LogP contribution is -1.95. The molecule has 104 valence electrons. The molecule has 2 aromatic rings. The largest absolute Gasteiger partial charge is 0.433 e. The van der Waals surface area contributed by atoms with E-state index in [1.807, 2.05) is 0 Å². The fraction of sp³-hybridized carbons (Fsp3) is 0. The van der Waals surface area contributed by atoms with Crippen molar-refractivity contribution in [2.45, 2.75) is 0 Å². The van der Waals surface area contributed by atoms with E-state index in [2.05, 4.69) is 4.98 Å². The van der Waals surface area contributed by atoms with Crippen molar-refractivity contribution in [1.82, 2.24) is 4.98 Å². The fourth-order valence-corrected chi connectivity index (χ4v) is 2.02. The maximum atomic E-state index is 13.5. The Morgan fingerprint density at radius 2 is 1.80 bits per heavy atom. The first-order chi connectivity index (χ1) is 9.38. The lowest BCUT2D eigenvalue weighted by Gasteiger charge is -2.09. The van der Waals surface area contributed by atoms with E-state index in [4.69, 9.17) is 39.5 Å². The van der Waals surface area contributed by atoms with Crippen LogP contribution in [-0.2, 0) is 0 Å². The van der Waals surface area contributed by atoms with Crippen LogP contribution in [0.25, 0.3) is 0 Å². The molecule has 1 aromatic heterocycles. The van der Waals surface area contributed by atoms with Crippen molar-refractivity contribution in [3.8, 4) is 11.6 Å². The van der Waals surface area contributed by atoms with Gasteiger partial charge in [0.05, 0.1) is 20.0 Å². The van der Waals surface area contributed by atoms with Crippen LogP contribution in [0.4, 0.5) is 10.1 Å². The monoisotopic (exact) mass is 336 g/mol. The van der Waals surface area contributed by atoms with Gasteiger partial charge in [-0.15, -0.1) is 0 Å². The molecule has 0 radical (unpaired) electrons. The maximum Gasteiger partial charge on any atom is 0.272 e. The Balaban J connectivity index is 2.41. The molecule has 0 aliphatic rings. The van der Waals surface area contributed by atoms with E-state index in [1.54, 1.807) is 0 Å². The molecule has 0 N–H and O–H groups in total. The van der Waals surface area contributed by atoms with Crippen LogP contribution in [0.5, 0.6) is 11.6 Å². The Bertz CT molecular complexity index is 674. The molecule has 1 heterocycles. The van der Waals surface area contributed by atoms with Crippen LogP contribution in [0.1, 0.15) is 0 Å². The Morgan fingerprint density at radius 1 is 1.20 bits per heavy atom. The molecule has 1 aromatic carbocycles. The summed E-state index contributed by atoms with van der Waals surface area (Å²) in [5, 5.41) is 10.4. The molecule has 0 bridgehead atoms. The smallest absolute Gasteiger partial charge is 0.272 e. The van der Waals surface area contributed by atoms with Gasteiger partial charge in [-0.2, -0.15) is 0 Å². The van der Waals surface area contributed by atoms with E-state index in [0.717, 1.165) is 18.2 Å². The van der Waals surface area contributed by atoms with Gasteiger partial charge < -0.3 is 4.74 Å². The zero-order valence-corrected chi connectivity index (χ0v) is 11.7. The summed E-state index contributed by atoms with van der Waals surface area (Å²) in [6.07, 6.45) is 1.17. The molecule has 0 spiro atoms. The lowest BCUT2D eigenvalue weighted by atomic mass is 10.3. The third-order valence-electron chi connectivity index (χ3n) is 2.17.